The first-order valence-electron chi connectivity index (χ1n) is 5.87. The van der Waals surface area contributed by atoms with E-state index in [1.807, 2.05) is 4.90 Å². The third-order valence-electron chi connectivity index (χ3n) is 2.95. The molecular formula is C12H16N4O2. The summed E-state index contributed by atoms with van der Waals surface area (Å²) in [6.07, 6.45) is 3.21. The number of primary amides is 1. The van der Waals surface area contributed by atoms with Gasteiger partial charge in [-0.05, 0) is 12.1 Å². The fraction of sp³-hybridized carbons (Fsp3) is 0.417. The van der Waals surface area contributed by atoms with Crippen LogP contribution in [0.5, 0.6) is 0 Å². The molecule has 0 saturated carbocycles. The van der Waals surface area contributed by atoms with E-state index in [-0.39, 0.29) is 18.4 Å². The molecule has 2 N–H and O–H groups in total. The first kappa shape index (κ1) is 12.5. The van der Waals surface area contributed by atoms with E-state index >= 15 is 0 Å². The number of aromatic nitrogens is 1. The molecule has 0 atom stereocenters. The Morgan fingerprint density at radius 1 is 1.28 bits per heavy atom. The lowest BCUT2D eigenvalue weighted by Crippen LogP contribution is -2.50. The highest BCUT2D eigenvalue weighted by Gasteiger charge is 2.22. The number of carbonyl (C=O) groups excluding carboxylic acids is 2. The summed E-state index contributed by atoms with van der Waals surface area (Å²) in [4.78, 5) is 30.6. The highest BCUT2D eigenvalue weighted by molar-refractivity contribution is 5.93. The minimum atomic E-state index is -0.331. The number of nitrogens with two attached hydrogens (primary N) is 1. The maximum absolute atomic E-state index is 12.1. The molecule has 0 unspecified atom stereocenters. The predicted octanol–water partition coefficient (Wildman–Crippen LogP) is -0.675. The van der Waals surface area contributed by atoms with Crippen molar-refractivity contribution < 1.29 is 9.59 Å². The van der Waals surface area contributed by atoms with Crippen LogP contribution < -0.4 is 5.73 Å². The lowest BCUT2D eigenvalue weighted by atomic mass is 10.2. The monoisotopic (exact) mass is 248 g/mol. The Balaban J connectivity index is 1.90. The quantitative estimate of drug-likeness (QED) is 0.769. The molecular weight excluding hydrogens is 232 g/mol. The summed E-state index contributed by atoms with van der Waals surface area (Å²) in [5.74, 6) is -0.344. The molecule has 0 bridgehead atoms. The van der Waals surface area contributed by atoms with Crippen molar-refractivity contribution in [1.82, 2.24) is 14.8 Å². The van der Waals surface area contributed by atoms with Gasteiger partial charge in [0.25, 0.3) is 5.91 Å². The largest absolute Gasteiger partial charge is 0.369 e. The second-order valence-electron chi connectivity index (χ2n) is 4.28. The second-order valence-corrected chi connectivity index (χ2v) is 4.28. The lowest BCUT2D eigenvalue weighted by Gasteiger charge is -2.33. The Hall–Kier alpha value is -1.95. The van der Waals surface area contributed by atoms with Gasteiger partial charge in [-0.3, -0.25) is 19.5 Å². The molecule has 0 radical (unpaired) electrons. The molecule has 1 aromatic heterocycles. The summed E-state index contributed by atoms with van der Waals surface area (Å²) in [6, 6.07) is 3.50. The van der Waals surface area contributed by atoms with Gasteiger partial charge in [0, 0.05) is 38.6 Å². The number of hydrogen-bond donors (Lipinski definition) is 1. The van der Waals surface area contributed by atoms with Crippen LogP contribution in [0.15, 0.2) is 24.5 Å². The topological polar surface area (TPSA) is 79.5 Å². The smallest absolute Gasteiger partial charge is 0.255 e. The average Bonchev–Trinajstić information content (AvgIpc) is 2.39. The molecule has 6 heteroatoms. The molecule has 2 heterocycles. The Labute approximate surface area is 105 Å². The van der Waals surface area contributed by atoms with E-state index in [0.717, 1.165) is 0 Å². The van der Waals surface area contributed by atoms with Gasteiger partial charge in [0.05, 0.1) is 12.1 Å². The zero-order valence-electron chi connectivity index (χ0n) is 10.1. The molecule has 1 aliphatic rings. The summed E-state index contributed by atoms with van der Waals surface area (Å²) in [6.45, 7) is 2.83. The van der Waals surface area contributed by atoms with E-state index in [1.165, 1.54) is 0 Å². The van der Waals surface area contributed by atoms with E-state index in [4.69, 9.17) is 5.73 Å². The van der Waals surface area contributed by atoms with Crippen molar-refractivity contribution >= 4 is 11.8 Å². The Bertz CT molecular complexity index is 427. The minimum absolute atomic E-state index is 0.0122. The highest BCUT2D eigenvalue weighted by atomic mass is 16.2. The standard InChI is InChI=1S/C12H16N4O2/c13-11(17)9-15-4-6-16(7-5-15)12(18)10-2-1-3-14-8-10/h1-3,8H,4-7,9H2,(H2,13,17). The summed E-state index contributed by atoms with van der Waals surface area (Å²) >= 11 is 0. The van der Waals surface area contributed by atoms with Crippen molar-refractivity contribution in [2.75, 3.05) is 32.7 Å². The van der Waals surface area contributed by atoms with Crippen molar-refractivity contribution in [3.8, 4) is 0 Å². The van der Waals surface area contributed by atoms with E-state index in [1.54, 1.807) is 29.4 Å². The number of carbonyl (C=O) groups is 2. The van der Waals surface area contributed by atoms with Gasteiger partial charge in [-0.1, -0.05) is 0 Å². The zero-order chi connectivity index (χ0) is 13.0. The Kier molecular flexibility index (Phi) is 3.88. The normalized spacial score (nSPS) is 16.6. The van der Waals surface area contributed by atoms with Gasteiger partial charge in [-0.2, -0.15) is 0 Å². The average molecular weight is 248 g/mol. The number of hydrogen-bond acceptors (Lipinski definition) is 4. The third-order valence-corrected chi connectivity index (χ3v) is 2.95. The van der Waals surface area contributed by atoms with Gasteiger partial charge in [0.1, 0.15) is 0 Å². The van der Waals surface area contributed by atoms with Crippen molar-refractivity contribution in [3.63, 3.8) is 0 Å². The number of piperazine rings is 1. The van der Waals surface area contributed by atoms with Crippen LogP contribution in [-0.2, 0) is 4.79 Å². The van der Waals surface area contributed by atoms with Crippen LogP contribution >= 0.6 is 0 Å². The fourth-order valence-corrected chi connectivity index (χ4v) is 2.00. The lowest BCUT2D eigenvalue weighted by molar-refractivity contribution is -0.119. The summed E-state index contributed by atoms with van der Waals surface area (Å²) in [5, 5.41) is 0. The molecule has 6 nitrogen and oxygen atoms in total. The van der Waals surface area contributed by atoms with Gasteiger partial charge in [0.15, 0.2) is 0 Å². The second kappa shape index (κ2) is 5.59. The van der Waals surface area contributed by atoms with Crippen LogP contribution in [0.2, 0.25) is 0 Å². The number of amides is 2. The summed E-state index contributed by atoms with van der Waals surface area (Å²) in [5.41, 5.74) is 5.74. The van der Waals surface area contributed by atoms with Crippen LogP contribution in [0.1, 0.15) is 10.4 Å². The minimum Gasteiger partial charge on any atom is -0.369 e. The van der Waals surface area contributed by atoms with Crippen LogP contribution in [0.4, 0.5) is 0 Å². The molecule has 0 spiro atoms. The third kappa shape index (κ3) is 3.04. The van der Waals surface area contributed by atoms with Crippen LogP contribution in [0.3, 0.4) is 0 Å². The van der Waals surface area contributed by atoms with Gasteiger partial charge < -0.3 is 10.6 Å². The molecule has 1 aliphatic heterocycles. The van der Waals surface area contributed by atoms with Crippen molar-refractivity contribution in [2.24, 2.45) is 5.73 Å². The Morgan fingerprint density at radius 3 is 2.56 bits per heavy atom. The predicted molar refractivity (Wildman–Crippen MR) is 65.8 cm³/mol. The molecule has 0 aliphatic carbocycles. The SMILES string of the molecule is NC(=O)CN1CCN(C(=O)c2cccnc2)CC1. The van der Waals surface area contributed by atoms with E-state index in [0.29, 0.717) is 31.7 Å². The fourth-order valence-electron chi connectivity index (χ4n) is 2.00. The van der Waals surface area contributed by atoms with Crippen LogP contribution in [0.25, 0.3) is 0 Å². The van der Waals surface area contributed by atoms with Gasteiger partial charge in [-0.25, -0.2) is 0 Å². The maximum atomic E-state index is 12.1. The van der Waals surface area contributed by atoms with Gasteiger partial charge in [0.2, 0.25) is 5.91 Å². The van der Waals surface area contributed by atoms with Crippen molar-refractivity contribution in [1.29, 1.82) is 0 Å². The van der Waals surface area contributed by atoms with E-state index in [9.17, 15) is 9.59 Å². The van der Waals surface area contributed by atoms with Gasteiger partial charge >= 0.3 is 0 Å². The van der Waals surface area contributed by atoms with Gasteiger partial charge in [-0.15, -0.1) is 0 Å². The molecule has 96 valence electrons. The molecule has 2 rings (SSSR count). The highest BCUT2D eigenvalue weighted by Crippen LogP contribution is 2.07. The van der Waals surface area contributed by atoms with E-state index in [2.05, 4.69) is 4.98 Å². The Morgan fingerprint density at radius 2 is 2.00 bits per heavy atom. The number of nitrogens with zero attached hydrogens (tertiary/aromatic N) is 3. The first-order chi connectivity index (χ1) is 8.66. The van der Waals surface area contributed by atoms with E-state index < -0.39 is 0 Å². The molecule has 18 heavy (non-hydrogen) atoms. The molecule has 1 saturated heterocycles. The molecule has 2 amide bonds. The molecule has 1 fully saturated rings. The van der Waals surface area contributed by atoms with Crippen LogP contribution in [0, 0.1) is 0 Å². The number of rotatable bonds is 3. The first-order valence-corrected chi connectivity index (χ1v) is 5.87. The zero-order valence-corrected chi connectivity index (χ0v) is 10.1. The van der Waals surface area contributed by atoms with Crippen molar-refractivity contribution in [3.05, 3.63) is 30.1 Å². The van der Waals surface area contributed by atoms with Crippen LogP contribution in [-0.4, -0.2) is 59.3 Å². The maximum Gasteiger partial charge on any atom is 0.255 e. The summed E-state index contributed by atoms with van der Waals surface area (Å²) in [7, 11) is 0. The van der Waals surface area contributed by atoms with Crippen molar-refractivity contribution in [2.45, 2.75) is 0 Å². The number of pyridine rings is 1. The summed E-state index contributed by atoms with van der Waals surface area (Å²) < 4.78 is 0. The molecule has 0 aromatic carbocycles. The molecule has 1 aromatic rings.